The Kier molecular flexibility index (Phi) is 3.40. The van der Waals surface area contributed by atoms with Gasteiger partial charge in [0, 0.05) is 6.04 Å². The van der Waals surface area contributed by atoms with Crippen molar-refractivity contribution in [1.82, 2.24) is 0 Å². The van der Waals surface area contributed by atoms with Crippen molar-refractivity contribution in [1.29, 1.82) is 0 Å². The minimum Gasteiger partial charge on any atom is -0.469 e. The summed E-state index contributed by atoms with van der Waals surface area (Å²) in [4.78, 5) is 11.2. The average Bonchev–Trinajstić information content (AvgIpc) is 2.37. The first kappa shape index (κ1) is 11.6. The summed E-state index contributed by atoms with van der Waals surface area (Å²) in [5.41, 5.74) is 7.02. The van der Waals surface area contributed by atoms with Crippen LogP contribution in [-0.2, 0) is 9.53 Å². The fourth-order valence-corrected chi connectivity index (χ4v) is 1.95. The van der Waals surface area contributed by atoms with Gasteiger partial charge in [0.05, 0.1) is 13.5 Å². The molecule has 0 bridgehead atoms. The molecular formula is C14H15NO2. The molecule has 0 radical (unpaired) electrons. The van der Waals surface area contributed by atoms with Gasteiger partial charge in [0.2, 0.25) is 0 Å². The molecule has 0 aliphatic heterocycles. The lowest BCUT2D eigenvalue weighted by molar-refractivity contribution is -0.141. The maximum Gasteiger partial charge on any atom is 0.307 e. The van der Waals surface area contributed by atoms with Gasteiger partial charge in [0.1, 0.15) is 0 Å². The zero-order chi connectivity index (χ0) is 12.3. The van der Waals surface area contributed by atoms with E-state index in [1.165, 1.54) is 7.11 Å². The van der Waals surface area contributed by atoms with Crippen LogP contribution in [-0.4, -0.2) is 13.1 Å². The fourth-order valence-electron chi connectivity index (χ4n) is 1.95. The molecule has 0 heterocycles. The highest BCUT2D eigenvalue weighted by Gasteiger charge is 2.13. The molecule has 1 atom stereocenters. The third-order valence-corrected chi connectivity index (χ3v) is 2.84. The number of nitrogens with two attached hydrogens (primary N) is 1. The molecule has 0 aliphatic rings. The summed E-state index contributed by atoms with van der Waals surface area (Å²) in [6.07, 6.45) is 0.199. The summed E-state index contributed by atoms with van der Waals surface area (Å²) in [6.45, 7) is 0. The molecule has 17 heavy (non-hydrogen) atoms. The van der Waals surface area contributed by atoms with Crippen LogP contribution in [0.5, 0.6) is 0 Å². The largest absolute Gasteiger partial charge is 0.469 e. The number of carbonyl (C=O) groups is 1. The topological polar surface area (TPSA) is 52.3 Å². The molecule has 88 valence electrons. The van der Waals surface area contributed by atoms with Gasteiger partial charge in [-0.1, -0.05) is 42.5 Å². The van der Waals surface area contributed by atoms with E-state index in [2.05, 4.69) is 4.74 Å². The van der Waals surface area contributed by atoms with Crippen LogP contribution in [0.2, 0.25) is 0 Å². The lowest BCUT2D eigenvalue weighted by Crippen LogP contribution is -2.16. The zero-order valence-electron chi connectivity index (χ0n) is 9.72. The summed E-state index contributed by atoms with van der Waals surface area (Å²) >= 11 is 0. The summed E-state index contributed by atoms with van der Waals surface area (Å²) in [6, 6.07) is 13.6. The summed E-state index contributed by atoms with van der Waals surface area (Å²) < 4.78 is 4.64. The first-order chi connectivity index (χ1) is 8.22. The minimum absolute atomic E-state index is 0.199. The molecule has 0 saturated carbocycles. The predicted molar refractivity (Wildman–Crippen MR) is 67.5 cm³/mol. The second kappa shape index (κ2) is 4.97. The number of rotatable bonds is 3. The number of methoxy groups -OCH3 is 1. The predicted octanol–water partition coefficient (Wildman–Crippen LogP) is 2.40. The molecule has 2 N–H and O–H groups in total. The Bertz CT molecular complexity index is 531. The van der Waals surface area contributed by atoms with Crippen LogP contribution in [0.15, 0.2) is 42.5 Å². The van der Waals surface area contributed by atoms with Gasteiger partial charge in [-0.3, -0.25) is 4.79 Å². The van der Waals surface area contributed by atoms with Crippen LogP contribution in [0.1, 0.15) is 18.0 Å². The number of esters is 1. The van der Waals surface area contributed by atoms with Gasteiger partial charge >= 0.3 is 5.97 Å². The molecule has 0 aliphatic carbocycles. The molecule has 0 spiro atoms. The summed E-state index contributed by atoms with van der Waals surface area (Å²) in [5, 5.41) is 2.22. The van der Waals surface area contributed by atoms with Crippen molar-refractivity contribution in [2.45, 2.75) is 12.5 Å². The van der Waals surface area contributed by atoms with Gasteiger partial charge in [0.15, 0.2) is 0 Å². The van der Waals surface area contributed by atoms with Crippen molar-refractivity contribution >= 4 is 16.7 Å². The van der Waals surface area contributed by atoms with E-state index in [1.54, 1.807) is 0 Å². The quantitative estimate of drug-likeness (QED) is 0.822. The van der Waals surface area contributed by atoms with Crippen molar-refractivity contribution < 1.29 is 9.53 Å². The first-order valence-corrected chi connectivity index (χ1v) is 5.52. The van der Waals surface area contributed by atoms with Gasteiger partial charge in [0.25, 0.3) is 0 Å². The molecule has 0 saturated heterocycles. The number of ether oxygens (including phenoxy) is 1. The molecule has 0 aromatic heterocycles. The third kappa shape index (κ3) is 2.45. The molecule has 0 unspecified atom stereocenters. The Morgan fingerprint density at radius 1 is 1.24 bits per heavy atom. The van der Waals surface area contributed by atoms with E-state index in [0.29, 0.717) is 0 Å². The van der Waals surface area contributed by atoms with Crippen molar-refractivity contribution in [3.8, 4) is 0 Å². The van der Waals surface area contributed by atoms with E-state index >= 15 is 0 Å². The Morgan fingerprint density at radius 2 is 1.94 bits per heavy atom. The van der Waals surface area contributed by atoms with E-state index in [0.717, 1.165) is 16.3 Å². The van der Waals surface area contributed by atoms with E-state index in [9.17, 15) is 4.79 Å². The minimum atomic E-state index is -0.325. The van der Waals surface area contributed by atoms with Crippen LogP contribution in [0.3, 0.4) is 0 Å². The van der Waals surface area contributed by atoms with Gasteiger partial charge in [-0.2, -0.15) is 0 Å². The highest BCUT2D eigenvalue weighted by atomic mass is 16.5. The van der Waals surface area contributed by atoms with Crippen molar-refractivity contribution in [3.63, 3.8) is 0 Å². The Labute approximate surface area is 100 Å². The van der Waals surface area contributed by atoms with Crippen LogP contribution >= 0.6 is 0 Å². The van der Waals surface area contributed by atoms with Crippen molar-refractivity contribution in [2.75, 3.05) is 7.11 Å². The van der Waals surface area contributed by atoms with Crippen LogP contribution < -0.4 is 5.73 Å². The molecule has 3 heteroatoms. The number of benzene rings is 2. The number of fused-ring (bicyclic) bond motifs is 1. The lowest BCUT2D eigenvalue weighted by Gasteiger charge is -2.13. The van der Waals surface area contributed by atoms with Crippen molar-refractivity contribution in [3.05, 3.63) is 48.0 Å². The Hall–Kier alpha value is -1.87. The summed E-state index contributed by atoms with van der Waals surface area (Å²) in [5.74, 6) is -0.287. The van der Waals surface area contributed by atoms with E-state index < -0.39 is 0 Å². The first-order valence-electron chi connectivity index (χ1n) is 5.52. The van der Waals surface area contributed by atoms with Crippen LogP contribution in [0.4, 0.5) is 0 Å². The number of carbonyl (C=O) groups excluding carboxylic acids is 1. The second-order valence-corrected chi connectivity index (χ2v) is 3.96. The number of hydrogen-bond acceptors (Lipinski definition) is 3. The SMILES string of the molecule is COC(=O)C[C@H](N)c1cccc2ccccc12. The lowest BCUT2D eigenvalue weighted by atomic mass is 9.97. The Balaban J connectivity index is 2.38. The zero-order valence-corrected chi connectivity index (χ0v) is 9.72. The van der Waals surface area contributed by atoms with Crippen molar-refractivity contribution in [2.24, 2.45) is 5.73 Å². The van der Waals surface area contributed by atoms with E-state index in [-0.39, 0.29) is 18.4 Å². The molecule has 0 fully saturated rings. The van der Waals surface area contributed by atoms with Gasteiger partial charge in [-0.05, 0) is 16.3 Å². The van der Waals surface area contributed by atoms with Gasteiger partial charge in [-0.25, -0.2) is 0 Å². The average molecular weight is 229 g/mol. The third-order valence-electron chi connectivity index (χ3n) is 2.84. The standard InChI is InChI=1S/C14H15NO2/c1-17-14(16)9-13(15)12-8-4-6-10-5-2-3-7-11(10)12/h2-8,13H,9,15H2,1H3/t13-/m0/s1. The van der Waals surface area contributed by atoms with E-state index in [4.69, 9.17) is 5.73 Å². The second-order valence-electron chi connectivity index (χ2n) is 3.96. The Morgan fingerprint density at radius 3 is 2.71 bits per heavy atom. The van der Waals surface area contributed by atoms with Crippen LogP contribution in [0, 0.1) is 0 Å². The maximum absolute atomic E-state index is 11.2. The monoisotopic (exact) mass is 229 g/mol. The maximum atomic E-state index is 11.2. The molecule has 3 nitrogen and oxygen atoms in total. The highest BCUT2D eigenvalue weighted by molar-refractivity contribution is 5.86. The van der Waals surface area contributed by atoms with Crippen LogP contribution in [0.25, 0.3) is 10.8 Å². The molecular weight excluding hydrogens is 214 g/mol. The molecule has 2 rings (SSSR count). The van der Waals surface area contributed by atoms with Gasteiger partial charge < -0.3 is 10.5 Å². The summed E-state index contributed by atoms with van der Waals surface area (Å²) in [7, 11) is 1.37. The van der Waals surface area contributed by atoms with E-state index in [1.807, 2.05) is 42.5 Å². The number of hydrogen-bond donors (Lipinski definition) is 1. The molecule has 0 amide bonds. The normalized spacial score (nSPS) is 12.4. The smallest absolute Gasteiger partial charge is 0.307 e. The molecule has 2 aromatic rings. The highest BCUT2D eigenvalue weighted by Crippen LogP contribution is 2.24. The fraction of sp³-hybridized carbons (Fsp3) is 0.214. The van der Waals surface area contributed by atoms with Gasteiger partial charge in [-0.15, -0.1) is 0 Å². The molecule has 2 aromatic carbocycles.